The summed E-state index contributed by atoms with van der Waals surface area (Å²) in [6.07, 6.45) is -4.84. The maximum Gasteiger partial charge on any atom is 0.472 e. The van der Waals surface area contributed by atoms with Gasteiger partial charge in [0.05, 0.1) is 54.3 Å². The van der Waals surface area contributed by atoms with Gasteiger partial charge in [-0.15, -0.1) is 0 Å². The number of methoxy groups -OCH3 is 1. The second kappa shape index (κ2) is 25.7. The maximum atomic E-state index is 14.3. The summed E-state index contributed by atoms with van der Waals surface area (Å²) >= 11 is 0. The van der Waals surface area contributed by atoms with Gasteiger partial charge in [0.15, 0.2) is 6.23 Å². The van der Waals surface area contributed by atoms with Crippen LogP contribution in [0.15, 0.2) is 78.8 Å². The lowest BCUT2D eigenvalue weighted by molar-refractivity contribution is -0.123. The van der Waals surface area contributed by atoms with Crippen LogP contribution < -0.4 is 44.5 Å². The predicted octanol–water partition coefficient (Wildman–Crippen LogP) is 3.04. The van der Waals surface area contributed by atoms with Gasteiger partial charge in [-0.1, -0.05) is 34.6 Å². The van der Waals surface area contributed by atoms with E-state index in [1.54, 1.807) is 45.9 Å². The van der Waals surface area contributed by atoms with Crippen LogP contribution in [0.25, 0.3) is 11.0 Å². The Kier molecular flexibility index (Phi) is 19.6. The smallest absolute Gasteiger partial charge is 0.472 e. The Balaban J connectivity index is 1.20. The van der Waals surface area contributed by atoms with Crippen molar-refractivity contribution < 1.29 is 71.8 Å². The molecule has 1 saturated heterocycles. The second-order valence-corrected chi connectivity index (χ2v) is 27.6. The number of nitrogens with two attached hydrogens (primary N) is 6. The molecule has 6 aliphatic rings. The average molecular weight is 1270 g/mol. The number of nitrogens with zero attached hydrogens (tertiary/aromatic N) is 6. The van der Waals surface area contributed by atoms with Crippen molar-refractivity contribution in [3.63, 3.8) is 0 Å². The van der Waals surface area contributed by atoms with Crippen LogP contribution >= 0.6 is 7.82 Å². The first-order valence-electron chi connectivity index (χ1n) is 30.1. The van der Waals surface area contributed by atoms with Crippen LogP contribution in [-0.2, 0) is 51.9 Å². The summed E-state index contributed by atoms with van der Waals surface area (Å²) in [6.45, 7) is 15.1. The van der Waals surface area contributed by atoms with Crippen LogP contribution in [0, 0.1) is 45.3 Å². The highest BCUT2D eigenvalue weighted by molar-refractivity contribution is 7.47. The van der Waals surface area contributed by atoms with Gasteiger partial charge in [0, 0.05) is 126 Å². The van der Waals surface area contributed by atoms with Crippen LogP contribution in [0.2, 0.25) is 0 Å². The molecule has 16 N–H and O–H groups in total. The molecule has 7 heterocycles. The number of aliphatic hydroxyl groups excluding tert-OH is 2. The van der Waals surface area contributed by atoms with Gasteiger partial charge in [0.1, 0.15) is 29.6 Å². The molecule has 0 aliphatic carbocycles. The molecule has 14 unspecified atom stereocenters. The summed E-state index contributed by atoms with van der Waals surface area (Å²) in [6, 6.07) is 5.03. The van der Waals surface area contributed by atoms with E-state index in [1.165, 1.54) is 24.9 Å². The zero-order valence-electron chi connectivity index (χ0n) is 52.6. The van der Waals surface area contributed by atoms with E-state index in [0.29, 0.717) is 67.9 Å². The predicted molar refractivity (Wildman–Crippen MR) is 331 cm³/mol. The zero-order chi connectivity index (χ0) is 66.5. The Labute approximate surface area is 521 Å². The lowest BCUT2D eigenvalue weighted by atomic mass is 9.56. The number of hydrogen-bond acceptors (Lipinski definition) is 19. The Morgan fingerprint density at radius 3 is 1.96 bits per heavy atom. The molecule has 8 rings (SSSR count). The monoisotopic (exact) mass is 1270 g/mol. The number of aliphatic hydroxyl groups is 2. The molecular formula is C61H86N13O15P. The number of aliphatic imine (C=N–C) groups is 4. The quantitative estimate of drug-likeness (QED) is 0.0575. The number of fused-ring (bicyclic) bond motifs is 6. The van der Waals surface area contributed by atoms with Crippen molar-refractivity contribution in [2.24, 2.45) is 99.7 Å². The van der Waals surface area contributed by atoms with Gasteiger partial charge in [0.25, 0.3) is 0 Å². The number of aromatic nitrogens is 2. The lowest BCUT2D eigenvalue weighted by Gasteiger charge is -2.45. The largest absolute Gasteiger partial charge is 0.497 e. The number of rotatable bonds is 27. The first-order chi connectivity index (χ1) is 42.0. The Hall–Kier alpha value is -7.33. The fourth-order valence-corrected chi connectivity index (χ4v) is 16.0. The number of hydrogen-bond donors (Lipinski definition) is 10. The third kappa shape index (κ3) is 13.0. The molecule has 0 spiro atoms. The molecule has 8 bridgehead atoms. The fourth-order valence-electron chi connectivity index (χ4n) is 14.9. The number of imidazole rings is 1. The second-order valence-electron chi connectivity index (χ2n) is 26.2. The third-order valence-electron chi connectivity index (χ3n) is 19.8. The highest BCUT2D eigenvalue weighted by Gasteiger charge is 2.65. The van der Waals surface area contributed by atoms with E-state index in [0.717, 1.165) is 0 Å². The SMILES string of the molecule is COc1ccc2c(c1)ncn2C1OC(CO)C(OP(=O)(O)OC(C)CNC(=O)CCC2(C)C3=C(C)C4=NC(=CC5=NC(=C(C)C6=NC(C)(C(=N3)C2CC(N)=O)C(C)(CC(N)=O)C6CCC(N)=O)C(C)(CC(N)=O)C5CCC(N)=O)C(C)(C)C4CCC(N)=O)C1O. The molecule has 28 nitrogen and oxygen atoms in total. The molecule has 14 atom stereocenters. The molecule has 0 radical (unpaired) electrons. The molecular weight excluding hydrogens is 1190 g/mol. The van der Waals surface area contributed by atoms with Crippen molar-refractivity contribution in [2.75, 3.05) is 20.3 Å². The molecule has 6 aliphatic heterocycles. The molecule has 2 aromatic rings. The summed E-state index contributed by atoms with van der Waals surface area (Å²) in [5.41, 5.74) is 34.6. The molecule has 0 saturated carbocycles. The molecule has 1 aromatic carbocycles. The maximum absolute atomic E-state index is 14.3. The highest BCUT2D eigenvalue weighted by atomic mass is 31.2. The molecule has 490 valence electrons. The number of amides is 7. The van der Waals surface area contributed by atoms with E-state index in [-0.39, 0.29) is 77.2 Å². The topological polar surface area (TPSA) is 470 Å². The number of allylic oxidation sites excluding steroid dienone is 6. The van der Waals surface area contributed by atoms with Crippen molar-refractivity contribution in [3.8, 4) is 5.75 Å². The highest BCUT2D eigenvalue weighted by Crippen LogP contribution is 2.62. The van der Waals surface area contributed by atoms with Crippen molar-refractivity contribution >= 4 is 83.1 Å². The molecule has 29 heteroatoms. The van der Waals surface area contributed by atoms with Crippen molar-refractivity contribution in [1.29, 1.82) is 0 Å². The molecule has 1 fully saturated rings. The van der Waals surface area contributed by atoms with Crippen molar-refractivity contribution in [3.05, 3.63) is 58.8 Å². The number of phosphoric acid groups is 1. The van der Waals surface area contributed by atoms with Crippen LogP contribution in [-0.4, -0.2) is 139 Å². The first kappa shape index (κ1) is 68.6. The van der Waals surface area contributed by atoms with Gasteiger partial charge in [-0.2, -0.15) is 0 Å². The summed E-state index contributed by atoms with van der Waals surface area (Å²) in [5.74, 6) is -7.03. The van der Waals surface area contributed by atoms with E-state index >= 15 is 0 Å². The summed E-state index contributed by atoms with van der Waals surface area (Å²) < 4.78 is 37.4. The zero-order valence-corrected chi connectivity index (χ0v) is 53.5. The number of carbonyl (C=O) groups is 7. The van der Waals surface area contributed by atoms with Gasteiger partial charge in [-0.25, -0.2) is 9.55 Å². The van der Waals surface area contributed by atoms with Crippen LogP contribution in [0.3, 0.4) is 0 Å². The van der Waals surface area contributed by atoms with Gasteiger partial charge >= 0.3 is 7.82 Å². The van der Waals surface area contributed by atoms with E-state index in [1.807, 2.05) is 33.8 Å². The fraction of sp³-hybridized carbons (Fsp3) is 0.607. The molecule has 1 aromatic heterocycles. The minimum atomic E-state index is -5.08. The third-order valence-corrected chi connectivity index (χ3v) is 20.9. The Morgan fingerprint density at radius 1 is 0.767 bits per heavy atom. The Morgan fingerprint density at radius 2 is 1.37 bits per heavy atom. The number of phosphoric ester groups is 1. The van der Waals surface area contributed by atoms with E-state index in [2.05, 4.69) is 10.3 Å². The number of primary amides is 6. The first-order valence-corrected chi connectivity index (χ1v) is 31.6. The lowest BCUT2D eigenvalue weighted by Crippen LogP contribution is -2.54. The van der Waals surface area contributed by atoms with Crippen LogP contribution in [0.4, 0.5) is 0 Å². The van der Waals surface area contributed by atoms with Gasteiger partial charge in [-0.05, 0) is 82.7 Å². The van der Waals surface area contributed by atoms with Gasteiger partial charge < -0.3 is 68.9 Å². The Bertz CT molecular complexity index is 3570. The van der Waals surface area contributed by atoms with E-state index in [9.17, 15) is 53.2 Å². The number of ether oxygens (including phenoxy) is 2. The minimum Gasteiger partial charge on any atom is -0.497 e. The number of nitrogens with one attached hydrogen (secondary N) is 1. The summed E-state index contributed by atoms with van der Waals surface area (Å²) in [5, 5.41) is 24.5. The van der Waals surface area contributed by atoms with Crippen molar-refractivity contribution in [1.82, 2.24) is 14.9 Å². The molecule has 90 heavy (non-hydrogen) atoms. The van der Waals surface area contributed by atoms with Crippen LogP contribution in [0.5, 0.6) is 5.75 Å². The van der Waals surface area contributed by atoms with Gasteiger partial charge in [0.2, 0.25) is 41.4 Å². The summed E-state index contributed by atoms with van der Waals surface area (Å²) in [4.78, 5) is 131. The normalized spacial score (nSPS) is 31.2. The summed E-state index contributed by atoms with van der Waals surface area (Å²) in [7, 11) is -3.59. The van der Waals surface area contributed by atoms with E-state index < -0.39 is 137 Å². The van der Waals surface area contributed by atoms with E-state index in [4.69, 9.17) is 72.9 Å². The number of benzene rings is 1. The van der Waals surface area contributed by atoms with Crippen molar-refractivity contribution in [2.45, 2.75) is 169 Å². The standard InChI is InChI=1S/C61H86N13O15P/c1-29(88-90(84,85)89-52-40(27-75)87-56(51(52)83)74-28-69-38-21-32(86-10)11-15-39(38)74)26-68-48(82)19-20-58(6)36(22-45(65)79)55-61(9)60(8,25-47(67)81)35(14-18-44(64)78)50(73-61)31(3)54-59(7,24-46(66)80)33(12-16-42(62)76)37(70-54)23-41-57(4,5)34(13-17-43(63)77)49(71-41)30(2)53(58)72-55/h11,15,21,23,28-29,33-36,40,51-52,56,75,83H,12-14,16-20,22,24-27H2,1-10H3,(H2,62,76)(H2,63,77)(H2,64,78)(H2,65,79)(H2,66,80)(H2,67,81)(H,68,82)(H,84,85). The average Bonchev–Trinajstić information content (AvgIpc) is 1.53. The number of carbonyl (C=O) groups excluding carboxylic acids is 7. The van der Waals surface area contributed by atoms with Gasteiger partial charge in [-0.3, -0.25) is 62.6 Å². The van der Waals surface area contributed by atoms with Crippen LogP contribution in [0.1, 0.15) is 139 Å². The molecule has 7 amide bonds. The minimum absolute atomic E-state index is 0.0387.